The quantitative estimate of drug-likeness (QED) is 0.351. The summed E-state index contributed by atoms with van der Waals surface area (Å²) in [6, 6.07) is 28.3. The van der Waals surface area contributed by atoms with E-state index in [0.29, 0.717) is 0 Å². The molecule has 0 N–H and O–H groups in total. The molecule has 140 valence electrons. The Labute approximate surface area is 174 Å². The molecule has 0 spiro atoms. The van der Waals surface area contributed by atoms with Crippen molar-refractivity contribution in [3.8, 4) is 20.0 Å². The van der Waals surface area contributed by atoms with Crippen molar-refractivity contribution in [2.75, 3.05) is 0 Å². The minimum absolute atomic E-state index is 0.126. The van der Waals surface area contributed by atoms with E-state index in [9.17, 15) is 13.2 Å². The van der Waals surface area contributed by atoms with Crippen molar-refractivity contribution < 1.29 is 13.2 Å². The number of hydrogen-bond donors (Lipinski definition) is 0. The zero-order valence-corrected chi connectivity index (χ0v) is 18.0. The van der Waals surface area contributed by atoms with Crippen LogP contribution in [0.5, 0.6) is 0 Å². The molecule has 0 nitrogen and oxygen atoms in total. The van der Waals surface area contributed by atoms with Gasteiger partial charge in [0.15, 0.2) is 0 Å². The molecule has 5 heteroatoms. The molecule has 4 aromatic rings. The van der Waals surface area contributed by atoms with E-state index in [1.54, 1.807) is 6.07 Å². The normalized spacial score (nSPS) is 11.5. The molecule has 0 aliphatic heterocycles. The predicted molar refractivity (Wildman–Crippen MR) is 111 cm³/mol. The molecule has 0 aliphatic rings. The van der Waals surface area contributed by atoms with E-state index in [0.717, 1.165) is 20.6 Å². The fourth-order valence-electron chi connectivity index (χ4n) is 2.85. The second-order valence-electron chi connectivity index (χ2n) is 6.16. The van der Waals surface area contributed by atoms with Gasteiger partial charge in [-0.25, -0.2) is 0 Å². The van der Waals surface area contributed by atoms with E-state index in [4.69, 9.17) is 0 Å². The summed E-state index contributed by atoms with van der Waals surface area (Å²) in [6.07, 6.45) is -4.31. The molecule has 4 rings (SSSR count). The fourth-order valence-corrected chi connectivity index (χ4v) is 8.41. The topological polar surface area (TPSA) is 0 Å². The summed E-state index contributed by atoms with van der Waals surface area (Å²) in [5.41, 5.74) is 1.77. The van der Waals surface area contributed by atoms with Gasteiger partial charge in [0.25, 0.3) is 0 Å². The number of rotatable bonds is 4. The van der Waals surface area contributed by atoms with Crippen LogP contribution in [0.25, 0.3) is 20.0 Å². The van der Waals surface area contributed by atoms with Gasteiger partial charge in [0.2, 0.25) is 0 Å². The summed E-state index contributed by atoms with van der Waals surface area (Å²) < 4.78 is 43.7. The minimum atomic E-state index is -4.31. The molecular formula is C23H15F3Se2. The molecular weight excluding hydrogens is 491 g/mol. The van der Waals surface area contributed by atoms with Gasteiger partial charge in [0.1, 0.15) is 0 Å². The van der Waals surface area contributed by atoms with E-state index in [2.05, 4.69) is 30.3 Å². The van der Waals surface area contributed by atoms with Gasteiger partial charge in [-0.1, -0.05) is 0 Å². The van der Waals surface area contributed by atoms with Crippen LogP contribution in [0.1, 0.15) is 5.56 Å². The first kappa shape index (κ1) is 19.3. The Bertz CT molecular complexity index is 1070. The average molecular weight is 506 g/mol. The molecule has 0 atom stereocenters. The van der Waals surface area contributed by atoms with E-state index in [1.165, 1.54) is 26.6 Å². The van der Waals surface area contributed by atoms with E-state index >= 15 is 0 Å². The Morgan fingerprint density at radius 1 is 0.679 bits per heavy atom. The molecule has 0 bridgehead atoms. The van der Waals surface area contributed by atoms with Crippen LogP contribution in [0.15, 0.2) is 91.0 Å². The van der Waals surface area contributed by atoms with Crippen molar-refractivity contribution in [2.45, 2.75) is 6.18 Å². The molecule has 0 unspecified atom stereocenters. The molecule has 0 saturated carbocycles. The van der Waals surface area contributed by atoms with Crippen molar-refractivity contribution >= 4 is 38.4 Å². The number of alkyl halides is 3. The van der Waals surface area contributed by atoms with Gasteiger partial charge in [-0.05, 0) is 0 Å². The van der Waals surface area contributed by atoms with E-state index < -0.39 is 11.7 Å². The van der Waals surface area contributed by atoms with Gasteiger partial charge in [-0.2, -0.15) is 0 Å². The molecule has 0 amide bonds. The first-order valence-corrected chi connectivity index (χ1v) is 12.0. The Balaban J connectivity index is 1.77. The van der Waals surface area contributed by atoms with Crippen LogP contribution < -0.4 is 8.92 Å². The maximum absolute atomic E-state index is 13.1. The zero-order valence-electron chi connectivity index (χ0n) is 14.6. The van der Waals surface area contributed by atoms with Gasteiger partial charge in [-0.3, -0.25) is 0 Å². The Kier molecular flexibility index (Phi) is 5.61. The molecule has 28 heavy (non-hydrogen) atoms. The molecule has 1 heterocycles. The molecule has 3 aromatic carbocycles. The van der Waals surface area contributed by atoms with Gasteiger partial charge in [0.05, 0.1) is 0 Å². The van der Waals surface area contributed by atoms with Crippen molar-refractivity contribution in [2.24, 2.45) is 0 Å². The summed E-state index contributed by atoms with van der Waals surface area (Å²) in [5.74, 6) is 0. The summed E-state index contributed by atoms with van der Waals surface area (Å²) in [4.78, 5) is 0. The van der Waals surface area contributed by atoms with Gasteiger partial charge in [0, 0.05) is 0 Å². The van der Waals surface area contributed by atoms with Crippen molar-refractivity contribution in [3.05, 3.63) is 96.6 Å². The van der Waals surface area contributed by atoms with E-state index in [1.807, 2.05) is 36.4 Å². The van der Waals surface area contributed by atoms with Crippen LogP contribution in [0.4, 0.5) is 13.2 Å². The van der Waals surface area contributed by atoms with Crippen LogP contribution in [-0.4, -0.2) is 29.5 Å². The Hall–Kier alpha value is -2.03. The van der Waals surface area contributed by atoms with E-state index in [-0.39, 0.29) is 29.5 Å². The van der Waals surface area contributed by atoms with Crippen LogP contribution in [0, 0.1) is 0 Å². The number of hydrogen-bond acceptors (Lipinski definition) is 0. The average Bonchev–Trinajstić information content (AvgIpc) is 3.13. The fraction of sp³-hybridized carbons (Fsp3) is 0.0435. The third-order valence-electron chi connectivity index (χ3n) is 4.18. The summed E-state index contributed by atoms with van der Waals surface area (Å²) in [5, 5.41) is 0. The van der Waals surface area contributed by atoms with Crippen molar-refractivity contribution in [3.63, 3.8) is 0 Å². The van der Waals surface area contributed by atoms with Gasteiger partial charge in [-0.15, -0.1) is 0 Å². The molecule has 1 aromatic heterocycles. The first-order chi connectivity index (χ1) is 13.5. The first-order valence-electron chi connectivity index (χ1n) is 8.60. The molecule has 0 radical (unpaired) electrons. The van der Waals surface area contributed by atoms with Crippen LogP contribution in [-0.2, 0) is 6.18 Å². The van der Waals surface area contributed by atoms with Crippen molar-refractivity contribution in [1.29, 1.82) is 0 Å². The zero-order chi connectivity index (χ0) is 19.6. The third kappa shape index (κ3) is 4.34. The maximum atomic E-state index is 13.1. The SMILES string of the molecule is FC(F)(F)c1cccc([Se]c2cc(-c3ccccc3)[se]c2-c2ccccc2)c1. The number of benzene rings is 3. The monoisotopic (exact) mass is 508 g/mol. The third-order valence-corrected chi connectivity index (χ3v) is 9.59. The standard InChI is InChI=1S/C23H15F3Se2/c24-23(25,26)18-12-7-13-19(14-18)27-21-15-20(16-8-3-1-4-9-16)28-22(21)17-10-5-2-6-11-17/h1-15H. The van der Waals surface area contributed by atoms with Crippen molar-refractivity contribution in [1.82, 2.24) is 0 Å². The molecule has 0 fully saturated rings. The molecule has 0 aliphatic carbocycles. The number of halogens is 3. The molecule has 0 saturated heterocycles. The van der Waals surface area contributed by atoms with Crippen LogP contribution in [0.2, 0.25) is 0 Å². The summed E-state index contributed by atoms with van der Waals surface area (Å²) in [6.45, 7) is 0. The van der Waals surface area contributed by atoms with Gasteiger partial charge >= 0.3 is 174 Å². The Morgan fingerprint density at radius 2 is 1.32 bits per heavy atom. The van der Waals surface area contributed by atoms with Gasteiger partial charge < -0.3 is 0 Å². The Morgan fingerprint density at radius 3 is 1.96 bits per heavy atom. The van der Waals surface area contributed by atoms with Crippen LogP contribution >= 0.6 is 0 Å². The second kappa shape index (κ2) is 8.14. The second-order valence-corrected chi connectivity index (χ2v) is 10.7. The van der Waals surface area contributed by atoms with Crippen LogP contribution in [0.3, 0.4) is 0 Å². The predicted octanol–water partition coefficient (Wildman–Crippen LogP) is 4.75. The summed E-state index contributed by atoms with van der Waals surface area (Å²) >= 11 is -0.0634. The summed E-state index contributed by atoms with van der Waals surface area (Å²) in [7, 11) is 0.